The molecule has 9 heteroatoms. The predicted octanol–water partition coefficient (Wildman–Crippen LogP) is 0.00650. The van der Waals surface area contributed by atoms with Crippen LogP contribution in [0, 0.1) is 5.92 Å². The molecular formula is C18H26N4O4S. The fraction of sp³-hybridized carbons (Fsp3) is 0.556. The third-order valence-electron chi connectivity index (χ3n) is 5.20. The maximum atomic E-state index is 12.8. The first-order valence-corrected chi connectivity index (χ1v) is 10.6. The highest BCUT2D eigenvalue weighted by molar-refractivity contribution is 7.89. The molecule has 0 aromatic heterocycles. The van der Waals surface area contributed by atoms with Gasteiger partial charge in [-0.25, -0.2) is 8.42 Å². The predicted molar refractivity (Wildman–Crippen MR) is 100 cm³/mol. The number of carbonyl (C=O) groups is 2. The van der Waals surface area contributed by atoms with E-state index in [2.05, 4.69) is 5.32 Å². The Morgan fingerprint density at radius 3 is 2.22 bits per heavy atom. The minimum Gasteiger partial charge on any atom is -0.348 e. The Morgan fingerprint density at radius 1 is 1.15 bits per heavy atom. The van der Waals surface area contributed by atoms with E-state index in [9.17, 15) is 18.0 Å². The van der Waals surface area contributed by atoms with Crippen LogP contribution in [0.5, 0.6) is 0 Å². The van der Waals surface area contributed by atoms with Crippen LogP contribution in [0.2, 0.25) is 0 Å². The summed E-state index contributed by atoms with van der Waals surface area (Å²) in [5.74, 6) is 0.160. The molecule has 1 aliphatic carbocycles. The maximum Gasteiger partial charge on any atom is 0.251 e. The molecule has 148 valence electrons. The number of nitrogens with two attached hydrogens (primary N) is 1. The summed E-state index contributed by atoms with van der Waals surface area (Å²) in [7, 11) is -3.64. The normalized spacial score (nSPS) is 19.6. The lowest BCUT2D eigenvalue weighted by atomic mass is 10.1. The fourth-order valence-corrected chi connectivity index (χ4v) is 4.71. The van der Waals surface area contributed by atoms with Crippen molar-refractivity contribution in [3.63, 3.8) is 0 Å². The van der Waals surface area contributed by atoms with Crippen LogP contribution < -0.4 is 11.1 Å². The van der Waals surface area contributed by atoms with Crippen molar-refractivity contribution in [3.8, 4) is 0 Å². The Hall–Kier alpha value is -1.97. The van der Waals surface area contributed by atoms with Gasteiger partial charge in [-0.15, -0.1) is 0 Å². The van der Waals surface area contributed by atoms with E-state index in [-0.39, 0.29) is 35.8 Å². The lowest BCUT2D eigenvalue weighted by Crippen LogP contribution is -2.49. The molecule has 1 aromatic rings. The summed E-state index contributed by atoms with van der Waals surface area (Å²) in [6, 6.07) is 5.92. The Morgan fingerprint density at radius 2 is 1.74 bits per heavy atom. The Labute approximate surface area is 159 Å². The van der Waals surface area contributed by atoms with Gasteiger partial charge in [0.05, 0.1) is 4.90 Å². The molecule has 27 heavy (non-hydrogen) atoms. The van der Waals surface area contributed by atoms with Gasteiger partial charge >= 0.3 is 0 Å². The average Bonchev–Trinajstić information content (AvgIpc) is 3.51. The minimum absolute atomic E-state index is 0.0292. The van der Waals surface area contributed by atoms with E-state index in [1.807, 2.05) is 0 Å². The average molecular weight is 394 g/mol. The van der Waals surface area contributed by atoms with Crippen LogP contribution in [0.4, 0.5) is 0 Å². The summed E-state index contributed by atoms with van der Waals surface area (Å²) in [5.41, 5.74) is 6.12. The van der Waals surface area contributed by atoms with E-state index >= 15 is 0 Å². The standard InChI is InChI=1S/C18H26N4O4S/c1-13(23)21-8-10-22(11-9-21)27(25,26)16-6-4-15(5-7-16)18(24)20-17(12-19)14-2-3-14/h4-7,14,17H,2-3,8-12,19H2,1H3,(H,20,24). The van der Waals surface area contributed by atoms with E-state index in [4.69, 9.17) is 5.73 Å². The molecular weight excluding hydrogens is 368 g/mol. The molecule has 1 unspecified atom stereocenters. The number of rotatable bonds is 6. The zero-order chi connectivity index (χ0) is 19.6. The Bertz CT molecular complexity index is 797. The number of nitrogens with zero attached hydrogens (tertiary/aromatic N) is 2. The molecule has 1 heterocycles. The largest absolute Gasteiger partial charge is 0.348 e. The molecule has 0 bridgehead atoms. The van der Waals surface area contributed by atoms with Crippen molar-refractivity contribution in [2.24, 2.45) is 11.7 Å². The second kappa shape index (κ2) is 7.95. The first-order chi connectivity index (χ1) is 12.8. The van der Waals surface area contributed by atoms with Crippen LogP contribution in [0.15, 0.2) is 29.2 Å². The van der Waals surface area contributed by atoms with Crippen LogP contribution in [0.3, 0.4) is 0 Å². The molecule has 2 aliphatic rings. The molecule has 1 saturated heterocycles. The molecule has 2 amide bonds. The Kier molecular flexibility index (Phi) is 5.83. The molecule has 1 atom stereocenters. The quantitative estimate of drug-likeness (QED) is 0.706. The number of nitrogens with one attached hydrogen (secondary N) is 1. The van der Waals surface area contributed by atoms with Gasteiger partial charge in [0.25, 0.3) is 5.91 Å². The van der Waals surface area contributed by atoms with Crippen molar-refractivity contribution in [1.82, 2.24) is 14.5 Å². The zero-order valence-corrected chi connectivity index (χ0v) is 16.2. The van der Waals surface area contributed by atoms with Gasteiger partial charge < -0.3 is 16.0 Å². The summed E-state index contributed by atoms with van der Waals surface area (Å²) in [4.78, 5) is 25.5. The van der Waals surface area contributed by atoms with E-state index in [0.29, 0.717) is 31.1 Å². The van der Waals surface area contributed by atoms with Crippen molar-refractivity contribution in [1.29, 1.82) is 0 Å². The van der Waals surface area contributed by atoms with Crippen molar-refractivity contribution in [3.05, 3.63) is 29.8 Å². The lowest BCUT2D eigenvalue weighted by Gasteiger charge is -2.33. The molecule has 1 aromatic carbocycles. The lowest BCUT2D eigenvalue weighted by molar-refractivity contribution is -0.129. The molecule has 0 radical (unpaired) electrons. The van der Waals surface area contributed by atoms with Gasteiger partial charge in [0.1, 0.15) is 0 Å². The van der Waals surface area contributed by atoms with Crippen molar-refractivity contribution in [2.75, 3.05) is 32.7 Å². The first-order valence-electron chi connectivity index (χ1n) is 9.19. The molecule has 3 N–H and O–H groups in total. The molecule has 1 aliphatic heterocycles. The molecule has 8 nitrogen and oxygen atoms in total. The van der Waals surface area contributed by atoms with E-state index in [1.54, 1.807) is 4.90 Å². The summed E-state index contributed by atoms with van der Waals surface area (Å²) >= 11 is 0. The summed E-state index contributed by atoms with van der Waals surface area (Å²) in [6.45, 7) is 3.18. The van der Waals surface area contributed by atoms with Gasteiger partial charge in [0.15, 0.2) is 0 Å². The number of hydrogen-bond donors (Lipinski definition) is 2. The van der Waals surface area contributed by atoms with Crippen LogP contribution in [-0.4, -0.2) is 68.2 Å². The van der Waals surface area contributed by atoms with Crippen molar-refractivity contribution >= 4 is 21.8 Å². The second-order valence-corrected chi connectivity index (χ2v) is 9.03. The van der Waals surface area contributed by atoms with Gasteiger partial charge in [-0.3, -0.25) is 9.59 Å². The highest BCUT2D eigenvalue weighted by Gasteiger charge is 2.32. The van der Waals surface area contributed by atoms with Gasteiger partial charge in [-0.2, -0.15) is 4.31 Å². The number of piperazine rings is 1. The smallest absolute Gasteiger partial charge is 0.251 e. The summed E-state index contributed by atoms with van der Waals surface area (Å²) < 4.78 is 26.9. The maximum absolute atomic E-state index is 12.8. The third kappa shape index (κ3) is 4.48. The SMILES string of the molecule is CC(=O)N1CCN(S(=O)(=O)c2ccc(C(=O)NC(CN)C3CC3)cc2)CC1. The number of benzene rings is 1. The van der Waals surface area contributed by atoms with Crippen LogP contribution >= 0.6 is 0 Å². The summed E-state index contributed by atoms with van der Waals surface area (Å²) in [5, 5.41) is 2.92. The van der Waals surface area contributed by atoms with E-state index in [0.717, 1.165) is 12.8 Å². The van der Waals surface area contributed by atoms with Crippen LogP contribution in [0.25, 0.3) is 0 Å². The third-order valence-corrected chi connectivity index (χ3v) is 7.11. The van der Waals surface area contributed by atoms with Crippen LogP contribution in [-0.2, 0) is 14.8 Å². The van der Waals surface area contributed by atoms with Crippen molar-refractivity contribution in [2.45, 2.75) is 30.7 Å². The molecule has 0 spiro atoms. The Balaban J connectivity index is 1.65. The van der Waals surface area contributed by atoms with Gasteiger partial charge in [0.2, 0.25) is 15.9 Å². The monoisotopic (exact) mass is 394 g/mol. The number of amides is 2. The topological polar surface area (TPSA) is 113 Å². The highest BCUT2D eigenvalue weighted by atomic mass is 32.2. The van der Waals surface area contributed by atoms with Gasteiger partial charge in [-0.1, -0.05) is 0 Å². The van der Waals surface area contributed by atoms with Crippen molar-refractivity contribution < 1.29 is 18.0 Å². The first kappa shape index (κ1) is 19.8. The van der Waals surface area contributed by atoms with Gasteiger partial charge in [0, 0.05) is 51.3 Å². The number of carbonyl (C=O) groups excluding carboxylic acids is 2. The number of hydrogen-bond acceptors (Lipinski definition) is 5. The summed E-state index contributed by atoms with van der Waals surface area (Å²) in [6.07, 6.45) is 2.16. The van der Waals surface area contributed by atoms with E-state index in [1.165, 1.54) is 35.5 Å². The van der Waals surface area contributed by atoms with Gasteiger partial charge in [-0.05, 0) is 43.0 Å². The van der Waals surface area contributed by atoms with Crippen LogP contribution in [0.1, 0.15) is 30.1 Å². The molecule has 3 rings (SSSR count). The molecule has 2 fully saturated rings. The fourth-order valence-electron chi connectivity index (χ4n) is 3.29. The molecule has 1 saturated carbocycles. The number of sulfonamides is 1. The second-order valence-electron chi connectivity index (χ2n) is 7.09. The minimum atomic E-state index is -3.64. The highest BCUT2D eigenvalue weighted by Crippen LogP contribution is 2.32. The zero-order valence-electron chi connectivity index (χ0n) is 15.4. The van der Waals surface area contributed by atoms with E-state index < -0.39 is 10.0 Å².